The molecule has 0 fully saturated rings. The van der Waals surface area contributed by atoms with E-state index in [4.69, 9.17) is 5.11 Å². The minimum Gasteiger partial charge on any atom is -0.480 e. The normalized spacial score (nSPS) is 14.2. The van der Waals surface area contributed by atoms with Crippen molar-refractivity contribution in [3.8, 4) is 0 Å². The summed E-state index contributed by atoms with van der Waals surface area (Å²) in [6.07, 6.45) is 1.71. The molecule has 4 nitrogen and oxygen atoms in total. The molecule has 1 unspecified atom stereocenters. The largest absolute Gasteiger partial charge is 0.480 e. The lowest BCUT2D eigenvalue weighted by Crippen LogP contribution is -2.56. The molecule has 0 saturated heterocycles. The Hall–Kier alpha value is -0.970. The first kappa shape index (κ1) is 15.0. The molecular formula is C11H19NO3S. The standard InChI is InChI=1S/C11H19NO3S/c1-5-6-16-7-9(13)12-11(4,8(2)3)10(14)15/h5,8H,1,6-7H2,2-4H3,(H,12,13)(H,14,15). The molecule has 0 saturated carbocycles. The Kier molecular flexibility index (Phi) is 6.18. The molecule has 16 heavy (non-hydrogen) atoms. The Balaban J connectivity index is 4.36. The van der Waals surface area contributed by atoms with Crippen LogP contribution < -0.4 is 5.32 Å². The van der Waals surface area contributed by atoms with Crippen LogP contribution in [-0.4, -0.2) is 34.0 Å². The summed E-state index contributed by atoms with van der Waals surface area (Å²) >= 11 is 1.40. The molecule has 0 aromatic rings. The van der Waals surface area contributed by atoms with E-state index in [2.05, 4.69) is 11.9 Å². The fraction of sp³-hybridized carbons (Fsp3) is 0.636. The van der Waals surface area contributed by atoms with Crippen LogP contribution in [0.4, 0.5) is 0 Å². The maximum Gasteiger partial charge on any atom is 0.329 e. The molecule has 0 aliphatic rings. The van der Waals surface area contributed by atoms with Crippen molar-refractivity contribution in [3.05, 3.63) is 12.7 Å². The summed E-state index contributed by atoms with van der Waals surface area (Å²) < 4.78 is 0. The summed E-state index contributed by atoms with van der Waals surface area (Å²) in [5.74, 6) is -0.506. The van der Waals surface area contributed by atoms with Crippen molar-refractivity contribution < 1.29 is 14.7 Å². The van der Waals surface area contributed by atoms with Crippen LogP contribution in [0, 0.1) is 5.92 Å². The highest BCUT2D eigenvalue weighted by Gasteiger charge is 2.37. The summed E-state index contributed by atoms with van der Waals surface area (Å²) in [4.78, 5) is 22.6. The second kappa shape index (κ2) is 6.58. The van der Waals surface area contributed by atoms with Crippen molar-refractivity contribution in [3.63, 3.8) is 0 Å². The van der Waals surface area contributed by atoms with Gasteiger partial charge >= 0.3 is 5.97 Å². The third-order valence-electron chi connectivity index (χ3n) is 2.47. The highest BCUT2D eigenvalue weighted by molar-refractivity contribution is 8.00. The van der Waals surface area contributed by atoms with Gasteiger partial charge in [-0.1, -0.05) is 19.9 Å². The number of carboxylic acid groups (broad SMARTS) is 1. The predicted molar refractivity (Wildman–Crippen MR) is 66.5 cm³/mol. The van der Waals surface area contributed by atoms with Gasteiger partial charge in [-0.2, -0.15) is 0 Å². The van der Waals surface area contributed by atoms with Crippen molar-refractivity contribution in [2.24, 2.45) is 5.92 Å². The van der Waals surface area contributed by atoms with Gasteiger partial charge in [-0.25, -0.2) is 4.79 Å². The Morgan fingerprint density at radius 2 is 2.12 bits per heavy atom. The van der Waals surface area contributed by atoms with E-state index >= 15 is 0 Å². The molecule has 0 heterocycles. The number of carbonyl (C=O) groups excluding carboxylic acids is 1. The number of carbonyl (C=O) groups is 2. The molecule has 0 radical (unpaired) electrons. The topological polar surface area (TPSA) is 66.4 Å². The Morgan fingerprint density at radius 3 is 2.50 bits per heavy atom. The van der Waals surface area contributed by atoms with Crippen LogP contribution in [-0.2, 0) is 9.59 Å². The van der Waals surface area contributed by atoms with E-state index in [0.29, 0.717) is 5.75 Å². The van der Waals surface area contributed by atoms with Crippen molar-refractivity contribution >= 4 is 23.6 Å². The van der Waals surface area contributed by atoms with E-state index in [0.717, 1.165) is 0 Å². The molecule has 0 bridgehead atoms. The summed E-state index contributed by atoms with van der Waals surface area (Å²) in [5, 5.41) is 11.6. The molecule has 0 aliphatic heterocycles. The lowest BCUT2D eigenvalue weighted by molar-refractivity contribution is -0.148. The van der Waals surface area contributed by atoms with Gasteiger partial charge in [0, 0.05) is 5.75 Å². The van der Waals surface area contributed by atoms with Gasteiger partial charge in [-0.15, -0.1) is 18.3 Å². The Bertz CT molecular complexity index is 278. The van der Waals surface area contributed by atoms with Crippen LogP contribution in [0.3, 0.4) is 0 Å². The number of amides is 1. The maximum absolute atomic E-state index is 11.5. The first-order valence-electron chi connectivity index (χ1n) is 5.07. The highest BCUT2D eigenvalue weighted by Crippen LogP contribution is 2.17. The van der Waals surface area contributed by atoms with Gasteiger partial charge in [0.2, 0.25) is 5.91 Å². The molecule has 0 aliphatic carbocycles. The third kappa shape index (κ3) is 4.26. The number of carboxylic acids is 1. The smallest absolute Gasteiger partial charge is 0.329 e. The zero-order valence-corrected chi connectivity index (χ0v) is 10.8. The molecule has 5 heteroatoms. The van der Waals surface area contributed by atoms with Crippen molar-refractivity contribution in [1.29, 1.82) is 0 Å². The zero-order valence-electron chi connectivity index (χ0n) is 9.95. The fourth-order valence-electron chi connectivity index (χ4n) is 1.01. The zero-order chi connectivity index (χ0) is 12.8. The molecule has 0 aromatic heterocycles. The van der Waals surface area contributed by atoms with Crippen molar-refractivity contribution in [1.82, 2.24) is 5.32 Å². The van der Waals surface area contributed by atoms with Crippen molar-refractivity contribution in [2.45, 2.75) is 26.3 Å². The lowest BCUT2D eigenvalue weighted by Gasteiger charge is -2.30. The van der Waals surface area contributed by atoms with Crippen LogP contribution >= 0.6 is 11.8 Å². The van der Waals surface area contributed by atoms with Gasteiger partial charge in [-0.05, 0) is 12.8 Å². The van der Waals surface area contributed by atoms with Crippen LogP contribution in [0.2, 0.25) is 0 Å². The Morgan fingerprint density at radius 1 is 1.56 bits per heavy atom. The quantitative estimate of drug-likeness (QED) is 0.527. The second-order valence-electron chi connectivity index (χ2n) is 4.01. The minimum atomic E-state index is -1.20. The molecule has 0 rings (SSSR count). The third-order valence-corrected chi connectivity index (χ3v) is 3.40. The molecule has 0 spiro atoms. The van der Waals surface area contributed by atoms with Gasteiger partial charge < -0.3 is 10.4 Å². The lowest BCUT2D eigenvalue weighted by atomic mass is 9.88. The van der Waals surface area contributed by atoms with E-state index in [1.165, 1.54) is 18.7 Å². The summed E-state index contributed by atoms with van der Waals surface area (Å²) in [7, 11) is 0. The van der Waals surface area contributed by atoms with Crippen LogP contribution in [0.15, 0.2) is 12.7 Å². The van der Waals surface area contributed by atoms with Gasteiger partial charge in [0.1, 0.15) is 5.54 Å². The minimum absolute atomic E-state index is 0.168. The summed E-state index contributed by atoms with van der Waals surface area (Å²) in [5.41, 5.74) is -1.20. The van der Waals surface area contributed by atoms with E-state index < -0.39 is 11.5 Å². The highest BCUT2D eigenvalue weighted by atomic mass is 32.2. The number of aliphatic carboxylic acids is 1. The van der Waals surface area contributed by atoms with Crippen LogP contribution in [0.25, 0.3) is 0 Å². The molecular weight excluding hydrogens is 226 g/mol. The SMILES string of the molecule is C=CCSCC(=O)NC(C)(C(=O)O)C(C)C. The average Bonchev–Trinajstić information content (AvgIpc) is 2.17. The molecule has 1 atom stereocenters. The molecule has 1 amide bonds. The van der Waals surface area contributed by atoms with Gasteiger partial charge in [0.05, 0.1) is 5.75 Å². The van der Waals surface area contributed by atoms with E-state index in [1.54, 1.807) is 19.9 Å². The van der Waals surface area contributed by atoms with Gasteiger partial charge in [0.15, 0.2) is 0 Å². The fourth-order valence-corrected chi connectivity index (χ4v) is 1.55. The monoisotopic (exact) mass is 245 g/mol. The van der Waals surface area contributed by atoms with Gasteiger partial charge in [0.25, 0.3) is 0 Å². The molecule has 92 valence electrons. The molecule has 0 aromatic carbocycles. The van der Waals surface area contributed by atoms with Gasteiger partial charge in [-0.3, -0.25) is 4.79 Å². The van der Waals surface area contributed by atoms with E-state index in [1.807, 2.05) is 0 Å². The van der Waals surface area contributed by atoms with E-state index in [9.17, 15) is 9.59 Å². The van der Waals surface area contributed by atoms with Crippen LogP contribution in [0.1, 0.15) is 20.8 Å². The molecule has 2 N–H and O–H groups in total. The average molecular weight is 245 g/mol. The number of thioether (sulfide) groups is 1. The summed E-state index contributed by atoms with van der Waals surface area (Å²) in [6, 6.07) is 0. The van der Waals surface area contributed by atoms with Crippen LogP contribution in [0.5, 0.6) is 0 Å². The first-order valence-corrected chi connectivity index (χ1v) is 6.23. The van der Waals surface area contributed by atoms with Crippen molar-refractivity contribution in [2.75, 3.05) is 11.5 Å². The number of rotatable bonds is 7. The predicted octanol–water partition coefficient (Wildman–Crippen LogP) is 1.52. The maximum atomic E-state index is 11.5. The number of nitrogens with one attached hydrogen (secondary N) is 1. The Labute approximate surface area is 100 Å². The number of hydrogen-bond donors (Lipinski definition) is 2. The number of hydrogen-bond acceptors (Lipinski definition) is 3. The first-order chi connectivity index (χ1) is 7.34. The second-order valence-corrected chi connectivity index (χ2v) is 5.04. The summed E-state index contributed by atoms with van der Waals surface area (Å²) in [6.45, 7) is 8.60. The van der Waals surface area contributed by atoms with E-state index in [-0.39, 0.29) is 17.6 Å².